The standard InChI is InChI=1S/C16H36N.C5H8BN2O/c1-5-9-13-17(14-10-6-2,15-11-7-3)16-12-8-4;1-2-9-5(6,3-7)4-8/h5-16H2,1-4H3;2H2,1,6H3/q+1;-1. The van der Waals surface area contributed by atoms with Crippen LogP contribution in [0.15, 0.2) is 0 Å². The number of nitriles is 2. The van der Waals surface area contributed by atoms with Crippen molar-refractivity contribution in [2.45, 2.75) is 91.5 Å². The number of quaternary nitrogens is 1. The molecule has 0 rings (SSSR count). The lowest BCUT2D eigenvalue weighted by Gasteiger charge is -2.39. The van der Waals surface area contributed by atoms with Crippen LogP contribution in [0.3, 0.4) is 0 Å². The third kappa shape index (κ3) is 13.2. The fourth-order valence-corrected chi connectivity index (χ4v) is 2.88. The first-order valence-electron chi connectivity index (χ1n) is 10.2. The Bertz CT molecular complexity index is 350. The Labute approximate surface area is 164 Å². The summed E-state index contributed by atoms with van der Waals surface area (Å²) >= 11 is 0. The van der Waals surface area contributed by atoms with E-state index in [0.29, 0.717) is 6.61 Å². The van der Waals surface area contributed by atoms with Crippen LogP contribution in [0.4, 0.5) is 0 Å². The second-order valence-electron chi connectivity index (χ2n) is 6.64. The highest BCUT2D eigenvalue weighted by Gasteiger charge is 2.24. The Morgan fingerprint density at radius 2 is 1.04 bits per heavy atom. The topological polar surface area (TPSA) is 56.8 Å². The predicted molar refractivity (Wildman–Crippen MR) is 115 cm³/mol. The number of nitrogens with zero attached hydrogens (tertiary/aromatic N) is 3. The molecule has 0 fully saturated rings. The van der Waals surface area contributed by atoms with Gasteiger partial charge in [-0.25, -0.2) is 0 Å². The van der Waals surface area contributed by atoms with Crippen molar-refractivity contribution in [3.05, 3.63) is 0 Å². The van der Waals surface area contributed by atoms with Gasteiger partial charge >= 0.3 is 0 Å². The Hall–Kier alpha value is -1.04. The van der Waals surface area contributed by atoms with E-state index in [4.69, 9.17) is 15.3 Å². The molecule has 152 valence electrons. The van der Waals surface area contributed by atoms with Crippen molar-refractivity contribution in [2.24, 2.45) is 0 Å². The molecule has 0 N–H and O–H groups in total. The van der Waals surface area contributed by atoms with E-state index in [0.717, 1.165) is 0 Å². The van der Waals surface area contributed by atoms with E-state index in [1.165, 1.54) is 82.0 Å². The molecule has 4 nitrogen and oxygen atoms in total. The number of unbranched alkanes of at least 4 members (excludes halogenated alkanes) is 4. The summed E-state index contributed by atoms with van der Waals surface area (Å²) in [5, 5.41) is 16.8. The Kier molecular flexibility index (Phi) is 18.2. The van der Waals surface area contributed by atoms with Crippen LogP contribution in [-0.2, 0) is 4.74 Å². The summed E-state index contributed by atoms with van der Waals surface area (Å²) in [5.74, 6) is 0. The van der Waals surface area contributed by atoms with E-state index in [2.05, 4.69) is 27.7 Å². The number of rotatable bonds is 14. The van der Waals surface area contributed by atoms with Gasteiger partial charge in [0.2, 0.25) is 0 Å². The molecule has 0 aliphatic heterocycles. The molecule has 5 heteroatoms. The lowest BCUT2D eigenvalue weighted by atomic mass is 9.84. The van der Waals surface area contributed by atoms with E-state index in [1.54, 1.807) is 6.92 Å². The molecule has 0 heterocycles. The third-order valence-electron chi connectivity index (χ3n) is 4.44. The van der Waals surface area contributed by atoms with Gasteiger partial charge in [0.25, 0.3) is 0 Å². The summed E-state index contributed by atoms with van der Waals surface area (Å²) in [7, 11) is -0.370. The van der Waals surface area contributed by atoms with E-state index >= 15 is 0 Å². The van der Waals surface area contributed by atoms with Gasteiger partial charge in [-0.15, -0.1) is 0 Å². The van der Waals surface area contributed by atoms with Crippen molar-refractivity contribution < 1.29 is 9.22 Å². The quantitative estimate of drug-likeness (QED) is 0.343. The number of hydrogen-bond acceptors (Lipinski definition) is 3. The molecule has 0 spiro atoms. The number of hydrogen-bond donors (Lipinski definition) is 0. The van der Waals surface area contributed by atoms with Crippen molar-refractivity contribution in [1.82, 2.24) is 0 Å². The van der Waals surface area contributed by atoms with Crippen molar-refractivity contribution in [3.8, 4) is 12.1 Å². The van der Waals surface area contributed by atoms with Crippen molar-refractivity contribution in [1.29, 1.82) is 10.5 Å². The third-order valence-corrected chi connectivity index (χ3v) is 4.44. The van der Waals surface area contributed by atoms with Gasteiger partial charge in [0.1, 0.15) is 5.50 Å². The Morgan fingerprint density at radius 3 is 1.19 bits per heavy atom. The van der Waals surface area contributed by atoms with Crippen molar-refractivity contribution >= 4 is 7.85 Å². The highest BCUT2D eigenvalue weighted by Crippen LogP contribution is 2.16. The van der Waals surface area contributed by atoms with Crippen LogP contribution in [0.5, 0.6) is 0 Å². The van der Waals surface area contributed by atoms with Crippen LogP contribution in [0.1, 0.15) is 86.0 Å². The molecular weight excluding hydrogens is 321 g/mol. The zero-order valence-electron chi connectivity index (χ0n) is 17.4. The molecule has 0 unspecified atom stereocenters. The van der Waals surface area contributed by atoms with Crippen LogP contribution in [-0.4, -0.2) is 50.6 Å². The molecule has 26 heavy (non-hydrogen) atoms. The molecule has 0 aromatic heterocycles. The van der Waals surface area contributed by atoms with E-state index in [1.807, 2.05) is 12.1 Å². The van der Waals surface area contributed by atoms with E-state index < -0.39 is 5.50 Å². The van der Waals surface area contributed by atoms with Gasteiger partial charge in [0, 0.05) is 14.5 Å². The minimum absolute atomic E-state index is 0.370. The fraction of sp³-hybridized carbons (Fsp3) is 0.905. The molecule has 0 aromatic carbocycles. The van der Waals surface area contributed by atoms with Crippen LogP contribution in [0, 0.1) is 22.7 Å². The SMILES string of the molecule is CCCC[N+](CCCC)(CCCC)CCCC.[BH3-]C(C#N)(C#N)OCC. The van der Waals surface area contributed by atoms with Crippen molar-refractivity contribution in [3.63, 3.8) is 0 Å². The van der Waals surface area contributed by atoms with Gasteiger partial charge in [-0.3, -0.25) is 0 Å². The van der Waals surface area contributed by atoms with Gasteiger partial charge in [0.05, 0.1) is 38.3 Å². The van der Waals surface area contributed by atoms with Crippen LogP contribution in [0.2, 0.25) is 0 Å². The summed E-state index contributed by atoms with van der Waals surface area (Å²) < 4.78 is 6.34. The lowest BCUT2D eigenvalue weighted by Crippen LogP contribution is -2.50. The molecule has 0 bridgehead atoms. The predicted octanol–water partition coefficient (Wildman–Crippen LogP) is 4.14. The summed E-state index contributed by atoms with van der Waals surface area (Å²) in [5.41, 5.74) is -1.01. The van der Waals surface area contributed by atoms with Gasteiger partial charge in [-0.1, -0.05) is 53.4 Å². The maximum Gasteiger partial charge on any atom is 0.101 e. The van der Waals surface area contributed by atoms with Gasteiger partial charge in [-0.05, 0) is 32.6 Å². The maximum absolute atomic E-state index is 8.38. The van der Waals surface area contributed by atoms with Gasteiger partial charge < -0.3 is 9.22 Å². The summed E-state index contributed by atoms with van der Waals surface area (Å²) in [6, 6.07) is 3.71. The minimum atomic E-state index is -1.01. The second-order valence-corrected chi connectivity index (χ2v) is 6.64. The maximum atomic E-state index is 8.38. The molecule has 0 atom stereocenters. The monoisotopic (exact) mass is 365 g/mol. The first-order chi connectivity index (χ1) is 12.4. The summed E-state index contributed by atoms with van der Waals surface area (Å²) in [6.07, 6.45) is 11.1. The molecule has 0 aliphatic carbocycles. The average molecular weight is 365 g/mol. The summed E-state index contributed by atoms with van der Waals surface area (Å²) in [6.45, 7) is 17.3. The molecule has 0 saturated heterocycles. The average Bonchev–Trinajstić information content (AvgIpc) is 2.67. The molecule has 0 amide bonds. The lowest BCUT2D eigenvalue weighted by molar-refractivity contribution is -0.929. The first kappa shape index (κ1) is 27.2. The first-order valence-corrected chi connectivity index (χ1v) is 10.2. The zero-order valence-corrected chi connectivity index (χ0v) is 17.4. The highest BCUT2D eigenvalue weighted by molar-refractivity contribution is 6.18. The second kappa shape index (κ2) is 17.4. The Morgan fingerprint density at radius 1 is 0.731 bits per heavy atom. The number of ether oxygens (including phenoxy) is 1. The van der Waals surface area contributed by atoms with Gasteiger partial charge in [-0.2, -0.15) is 10.5 Å². The molecule has 0 saturated carbocycles. The fourth-order valence-electron chi connectivity index (χ4n) is 2.88. The Balaban J connectivity index is 0. The van der Waals surface area contributed by atoms with Crippen molar-refractivity contribution in [2.75, 3.05) is 32.8 Å². The van der Waals surface area contributed by atoms with Gasteiger partial charge in [0.15, 0.2) is 0 Å². The minimum Gasteiger partial charge on any atom is -0.386 e. The van der Waals surface area contributed by atoms with E-state index in [9.17, 15) is 0 Å². The molecular formula is C21H44BN3O. The molecule has 0 radical (unpaired) electrons. The highest BCUT2D eigenvalue weighted by atomic mass is 16.5. The summed E-state index contributed by atoms with van der Waals surface area (Å²) in [4.78, 5) is 0. The normalized spacial score (nSPS) is 11.2. The van der Waals surface area contributed by atoms with Crippen LogP contribution >= 0.6 is 0 Å². The smallest absolute Gasteiger partial charge is 0.101 e. The molecule has 0 aliphatic rings. The van der Waals surface area contributed by atoms with Crippen LogP contribution < -0.4 is 0 Å². The van der Waals surface area contributed by atoms with Crippen LogP contribution in [0.25, 0.3) is 0 Å². The largest absolute Gasteiger partial charge is 0.386 e. The zero-order chi connectivity index (χ0) is 20.3. The molecule has 0 aromatic rings. The van der Waals surface area contributed by atoms with E-state index in [-0.39, 0.29) is 7.85 Å².